The largest absolute Gasteiger partial charge is 0.402 e. The highest BCUT2D eigenvalue weighted by Crippen LogP contribution is 2.27. The summed E-state index contributed by atoms with van der Waals surface area (Å²) < 4.78 is 35.3. The average Bonchev–Trinajstić information content (AvgIpc) is 3.85. The van der Waals surface area contributed by atoms with E-state index in [1.807, 2.05) is 53.4 Å². The number of benzene rings is 2. The number of carbonyl (C=O) groups is 2. The van der Waals surface area contributed by atoms with Crippen LogP contribution in [0.15, 0.2) is 102 Å². The lowest BCUT2D eigenvalue weighted by molar-refractivity contribution is 0.101. The minimum absolute atomic E-state index is 0.0237. The van der Waals surface area contributed by atoms with Crippen LogP contribution in [0.5, 0.6) is 0 Å². The van der Waals surface area contributed by atoms with Gasteiger partial charge in [-0.05, 0) is 77.7 Å². The fourth-order valence-corrected chi connectivity index (χ4v) is 5.61. The molecule has 6 aromatic rings. The molecule has 0 fully saturated rings. The zero-order valence-electron chi connectivity index (χ0n) is 22.5. The van der Waals surface area contributed by atoms with Crippen molar-refractivity contribution >= 4 is 70.0 Å². The number of amides is 2. The average molecular weight is 671 g/mol. The van der Waals surface area contributed by atoms with Gasteiger partial charge >= 0.3 is 12.0 Å². The van der Waals surface area contributed by atoms with E-state index in [0.717, 1.165) is 14.6 Å². The van der Waals surface area contributed by atoms with Gasteiger partial charge in [-0.1, -0.05) is 34.1 Å². The van der Waals surface area contributed by atoms with Crippen molar-refractivity contribution in [1.29, 1.82) is 0 Å². The third-order valence-electron chi connectivity index (χ3n) is 5.45. The number of rotatable bonds is 9. The normalized spacial score (nSPS) is 10.7. The Morgan fingerprint density at radius 3 is 1.55 bits per heavy atom. The van der Waals surface area contributed by atoms with Crippen molar-refractivity contribution in [2.75, 3.05) is 16.9 Å². The molecule has 16 heteroatoms. The lowest BCUT2D eigenvalue weighted by atomic mass is 10.2. The maximum absolute atomic E-state index is 12.2. The van der Waals surface area contributed by atoms with Gasteiger partial charge in [0.1, 0.15) is 0 Å². The molecule has 0 unspecified atom stereocenters. The lowest BCUT2D eigenvalue weighted by Crippen LogP contribution is -2.11. The van der Waals surface area contributed by atoms with Crippen molar-refractivity contribution in [2.24, 2.45) is 0 Å². The molecule has 0 aliphatic heterocycles. The number of alkyl halides is 2. The predicted octanol–water partition coefficient (Wildman–Crippen LogP) is 8.14. The summed E-state index contributed by atoms with van der Waals surface area (Å²) in [5.74, 6) is -2.51. The van der Waals surface area contributed by atoms with E-state index in [0.29, 0.717) is 39.6 Å². The van der Waals surface area contributed by atoms with Gasteiger partial charge in [0.15, 0.2) is 0 Å². The maximum atomic E-state index is 12.2. The SMILES string of the molecule is CSc1ccc(C(=O)Nc2nnc(-c3cccs3)o2)cc1.O=C(Nc1nnc(-c2cccs2)o1)c1ccc(SC(F)F)cc1. The molecule has 0 aliphatic carbocycles. The van der Waals surface area contributed by atoms with Crippen LogP contribution in [0.4, 0.5) is 20.8 Å². The van der Waals surface area contributed by atoms with E-state index in [4.69, 9.17) is 8.83 Å². The molecule has 2 N–H and O–H groups in total. The smallest absolute Gasteiger partial charge is 0.322 e. The number of anilines is 2. The highest BCUT2D eigenvalue weighted by molar-refractivity contribution is 7.99. The molecule has 2 amide bonds. The van der Waals surface area contributed by atoms with E-state index < -0.39 is 11.7 Å². The summed E-state index contributed by atoms with van der Waals surface area (Å²) in [4.78, 5) is 27.3. The van der Waals surface area contributed by atoms with Gasteiger partial charge in [-0.25, -0.2) is 0 Å². The number of nitrogens with one attached hydrogen (secondary N) is 2. The van der Waals surface area contributed by atoms with Gasteiger partial charge in [0.05, 0.1) is 9.75 Å². The van der Waals surface area contributed by atoms with Crippen LogP contribution in [0.1, 0.15) is 20.7 Å². The Bertz CT molecular complexity index is 1790. The number of thiophene rings is 2. The van der Waals surface area contributed by atoms with Gasteiger partial charge < -0.3 is 8.83 Å². The highest BCUT2D eigenvalue weighted by atomic mass is 32.2. The molecule has 0 atom stereocenters. The second-order valence-corrected chi connectivity index (χ2v) is 12.2. The molecule has 2 aromatic carbocycles. The number of halogens is 2. The summed E-state index contributed by atoms with van der Waals surface area (Å²) in [7, 11) is 0. The van der Waals surface area contributed by atoms with Crippen LogP contribution in [0.3, 0.4) is 0 Å². The van der Waals surface area contributed by atoms with Crippen molar-refractivity contribution in [3.05, 3.63) is 94.7 Å². The van der Waals surface area contributed by atoms with E-state index >= 15 is 0 Å². The molecule has 6 rings (SSSR count). The minimum Gasteiger partial charge on any atom is -0.402 e. The quantitative estimate of drug-likeness (QED) is 0.145. The number of thioether (sulfide) groups is 2. The van der Waals surface area contributed by atoms with Crippen LogP contribution in [0.25, 0.3) is 21.5 Å². The molecule has 44 heavy (non-hydrogen) atoms. The van der Waals surface area contributed by atoms with Crippen LogP contribution in [-0.4, -0.2) is 44.2 Å². The Morgan fingerprint density at radius 2 is 1.16 bits per heavy atom. The zero-order chi connectivity index (χ0) is 30.9. The molecule has 4 aromatic heterocycles. The van der Waals surface area contributed by atoms with Crippen LogP contribution in [0.2, 0.25) is 0 Å². The van der Waals surface area contributed by atoms with Crippen molar-refractivity contribution in [1.82, 2.24) is 20.4 Å². The fourth-order valence-electron chi connectivity index (χ4n) is 3.42. The van der Waals surface area contributed by atoms with E-state index in [1.54, 1.807) is 23.9 Å². The van der Waals surface area contributed by atoms with E-state index in [2.05, 4.69) is 31.0 Å². The summed E-state index contributed by atoms with van der Waals surface area (Å²) in [6.45, 7) is 0. The molecule has 10 nitrogen and oxygen atoms in total. The number of hydrogen-bond donors (Lipinski definition) is 2. The summed E-state index contributed by atoms with van der Waals surface area (Å²) >= 11 is 4.98. The number of nitrogens with zero attached hydrogens (tertiary/aromatic N) is 4. The first kappa shape index (κ1) is 31.1. The van der Waals surface area contributed by atoms with Crippen LogP contribution >= 0.6 is 46.2 Å². The zero-order valence-corrected chi connectivity index (χ0v) is 25.7. The van der Waals surface area contributed by atoms with Crippen molar-refractivity contribution in [3.8, 4) is 21.5 Å². The van der Waals surface area contributed by atoms with Crippen molar-refractivity contribution < 1.29 is 27.2 Å². The molecule has 0 radical (unpaired) electrons. The third kappa shape index (κ3) is 8.37. The molecule has 0 spiro atoms. The van der Waals surface area contributed by atoms with E-state index in [1.165, 1.54) is 46.9 Å². The van der Waals surface area contributed by atoms with E-state index in [-0.39, 0.29) is 17.9 Å². The Balaban J connectivity index is 0.000000175. The molecular weight excluding hydrogens is 651 g/mol. The Hall–Kier alpha value is -4.38. The third-order valence-corrected chi connectivity index (χ3v) is 8.63. The summed E-state index contributed by atoms with van der Waals surface area (Å²) in [5, 5.41) is 24.2. The molecule has 0 saturated carbocycles. The maximum Gasteiger partial charge on any atom is 0.322 e. The Labute approximate surface area is 265 Å². The molecule has 0 aliphatic rings. The first-order valence-corrected chi connectivity index (χ1v) is 16.3. The fraction of sp³-hybridized carbons (Fsp3) is 0.0714. The monoisotopic (exact) mass is 670 g/mol. The summed E-state index contributed by atoms with van der Waals surface area (Å²) in [6.07, 6.45) is 1.99. The number of aromatic nitrogens is 4. The standard InChI is InChI=1S/C14H9F2N3O2S2.C14H11N3O2S2/c15-13(16)23-9-5-3-8(4-6-9)11(20)17-14-19-18-12(21-14)10-2-1-7-22-10;1-20-10-6-4-9(5-7-10)12(18)15-14-17-16-13(19-14)11-3-2-8-21-11/h1-7,13H,(H,17,19,20);2-8H,1H3,(H,15,17,18). The van der Waals surface area contributed by atoms with Crippen LogP contribution in [-0.2, 0) is 0 Å². The summed E-state index contributed by atoms with van der Waals surface area (Å²) in [6, 6.07) is 20.7. The number of hydrogen-bond acceptors (Lipinski definition) is 12. The van der Waals surface area contributed by atoms with Gasteiger partial charge in [-0.2, -0.15) is 8.78 Å². The predicted molar refractivity (Wildman–Crippen MR) is 168 cm³/mol. The van der Waals surface area contributed by atoms with Gasteiger partial charge in [-0.3, -0.25) is 20.2 Å². The first-order valence-electron chi connectivity index (χ1n) is 12.4. The molecule has 0 bridgehead atoms. The van der Waals surface area contributed by atoms with Crippen molar-refractivity contribution in [2.45, 2.75) is 15.5 Å². The molecular formula is C28H20F2N6O4S4. The Kier molecular flexibility index (Phi) is 10.5. The topological polar surface area (TPSA) is 136 Å². The lowest BCUT2D eigenvalue weighted by Gasteiger charge is -2.03. The second-order valence-electron chi connectivity index (χ2n) is 8.32. The van der Waals surface area contributed by atoms with Gasteiger partial charge in [0.25, 0.3) is 29.4 Å². The van der Waals surface area contributed by atoms with Crippen molar-refractivity contribution in [3.63, 3.8) is 0 Å². The second kappa shape index (κ2) is 14.9. The number of carbonyl (C=O) groups excluding carboxylic acids is 2. The summed E-state index contributed by atoms with van der Waals surface area (Å²) in [5.41, 5.74) is 0.850. The van der Waals surface area contributed by atoms with Crippen LogP contribution in [0, 0.1) is 0 Å². The molecule has 224 valence electrons. The highest BCUT2D eigenvalue weighted by Gasteiger charge is 2.15. The first-order chi connectivity index (χ1) is 21.4. The minimum atomic E-state index is -2.50. The molecule has 0 saturated heterocycles. The van der Waals surface area contributed by atoms with Gasteiger partial charge in [-0.15, -0.1) is 44.6 Å². The van der Waals surface area contributed by atoms with Crippen LogP contribution < -0.4 is 10.6 Å². The molecule has 4 heterocycles. The van der Waals surface area contributed by atoms with Gasteiger partial charge in [0.2, 0.25) is 0 Å². The van der Waals surface area contributed by atoms with E-state index in [9.17, 15) is 18.4 Å². The Morgan fingerprint density at radius 1 is 0.705 bits per heavy atom. The van der Waals surface area contributed by atoms with Gasteiger partial charge in [0, 0.05) is 20.9 Å².